The van der Waals surface area contributed by atoms with Crippen LogP contribution in [0, 0.1) is 13.8 Å². The maximum atomic E-state index is 5.21. The van der Waals surface area contributed by atoms with Crippen molar-refractivity contribution in [3.05, 3.63) is 65.2 Å². The molecular weight excluding hydrogens is 266 g/mol. The van der Waals surface area contributed by atoms with Gasteiger partial charge in [0, 0.05) is 5.69 Å². The lowest BCUT2D eigenvalue weighted by atomic mass is 10.1. The number of thiocarbonyl (C=S) groups is 1. The Bertz CT molecular complexity index is 621. The summed E-state index contributed by atoms with van der Waals surface area (Å²) in [6, 6.07) is 16.0. The zero-order valence-electron chi connectivity index (χ0n) is 11.6. The SMILES string of the molecule is Cc1ccc(NC(=S)N/N=C/c2ccccc2)c(C)c1. The molecular formula is C16H17N3S. The molecule has 102 valence electrons. The summed E-state index contributed by atoms with van der Waals surface area (Å²) in [5.41, 5.74) is 7.21. The fraction of sp³-hybridized carbons (Fsp3) is 0.125. The molecule has 0 radical (unpaired) electrons. The van der Waals surface area contributed by atoms with Crippen molar-refractivity contribution in [2.45, 2.75) is 13.8 Å². The number of aryl methyl sites for hydroxylation is 2. The van der Waals surface area contributed by atoms with Crippen molar-refractivity contribution in [2.24, 2.45) is 5.10 Å². The van der Waals surface area contributed by atoms with Gasteiger partial charge in [0.25, 0.3) is 0 Å². The lowest BCUT2D eigenvalue weighted by molar-refractivity contribution is 1.05. The molecule has 0 fully saturated rings. The van der Waals surface area contributed by atoms with Crippen molar-refractivity contribution in [1.29, 1.82) is 0 Å². The van der Waals surface area contributed by atoms with Crippen LogP contribution in [0.5, 0.6) is 0 Å². The Hall–Kier alpha value is -2.20. The number of benzene rings is 2. The number of hydrogen-bond donors (Lipinski definition) is 2. The van der Waals surface area contributed by atoms with Crippen LogP contribution in [-0.2, 0) is 0 Å². The minimum absolute atomic E-state index is 0.476. The van der Waals surface area contributed by atoms with Crippen molar-refractivity contribution in [2.75, 3.05) is 5.32 Å². The van der Waals surface area contributed by atoms with Gasteiger partial charge < -0.3 is 5.32 Å². The third kappa shape index (κ3) is 4.17. The van der Waals surface area contributed by atoms with E-state index in [0.717, 1.165) is 16.8 Å². The van der Waals surface area contributed by atoms with Crippen molar-refractivity contribution in [1.82, 2.24) is 5.43 Å². The van der Waals surface area contributed by atoms with Gasteiger partial charge in [-0.3, -0.25) is 5.43 Å². The highest BCUT2D eigenvalue weighted by Gasteiger charge is 2.00. The number of hydrogen-bond acceptors (Lipinski definition) is 2. The average molecular weight is 283 g/mol. The molecule has 2 rings (SSSR count). The molecule has 2 aromatic rings. The van der Waals surface area contributed by atoms with Gasteiger partial charge in [-0.15, -0.1) is 0 Å². The number of nitrogens with one attached hydrogen (secondary N) is 2. The van der Waals surface area contributed by atoms with E-state index >= 15 is 0 Å². The van der Waals surface area contributed by atoms with E-state index in [2.05, 4.69) is 28.8 Å². The van der Waals surface area contributed by atoms with Crippen LogP contribution in [0.15, 0.2) is 53.6 Å². The molecule has 2 N–H and O–H groups in total. The van der Waals surface area contributed by atoms with Crippen molar-refractivity contribution in [3.8, 4) is 0 Å². The highest BCUT2D eigenvalue weighted by Crippen LogP contribution is 2.15. The molecule has 0 unspecified atom stereocenters. The predicted molar refractivity (Wildman–Crippen MR) is 89.3 cm³/mol. The highest BCUT2D eigenvalue weighted by atomic mass is 32.1. The zero-order valence-corrected chi connectivity index (χ0v) is 12.4. The van der Waals surface area contributed by atoms with Gasteiger partial charge in [0.1, 0.15) is 0 Å². The molecule has 0 spiro atoms. The molecule has 3 nitrogen and oxygen atoms in total. The second-order valence-corrected chi connectivity index (χ2v) is 4.96. The molecule has 0 atom stereocenters. The lowest BCUT2D eigenvalue weighted by Gasteiger charge is -2.10. The Morgan fingerprint density at radius 3 is 2.55 bits per heavy atom. The zero-order chi connectivity index (χ0) is 14.4. The fourth-order valence-corrected chi connectivity index (χ4v) is 1.97. The van der Waals surface area contributed by atoms with E-state index in [9.17, 15) is 0 Å². The Balaban J connectivity index is 1.91. The molecule has 0 saturated carbocycles. The monoisotopic (exact) mass is 283 g/mol. The van der Waals surface area contributed by atoms with E-state index < -0.39 is 0 Å². The largest absolute Gasteiger partial charge is 0.331 e. The van der Waals surface area contributed by atoms with Gasteiger partial charge >= 0.3 is 0 Å². The van der Waals surface area contributed by atoms with Gasteiger partial charge in [0.2, 0.25) is 0 Å². The quantitative estimate of drug-likeness (QED) is 0.513. The molecule has 0 aliphatic carbocycles. The maximum absolute atomic E-state index is 5.21. The third-order valence-electron chi connectivity index (χ3n) is 2.81. The summed E-state index contributed by atoms with van der Waals surface area (Å²) in [5, 5.41) is 7.71. The van der Waals surface area contributed by atoms with Crippen LogP contribution in [0.4, 0.5) is 5.69 Å². The Kier molecular flexibility index (Phi) is 4.85. The smallest absolute Gasteiger partial charge is 0.191 e. The van der Waals surface area contributed by atoms with Crippen LogP contribution >= 0.6 is 12.2 Å². The second kappa shape index (κ2) is 6.82. The Morgan fingerprint density at radius 1 is 1.10 bits per heavy atom. The Labute approximate surface area is 124 Å². The van der Waals surface area contributed by atoms with E-state index in [4.69, 9.17) is 12.2 Å². The summed E-state index contributed by atoms with van der Waals surface area (Å²) in [6.07, 6.45) is 1.73. The van der Waals surface area contributed by atoms with Crippen LogP contribution < -0.4 is 10.7 Å². The average Bonchev–Trinajstić information content (AvgIpc) is 2.43. The van der Waals surface area contributed by atoms with E-state index in [1.54, 1.807) is 6.21 Å². The van der Waals surface area contributed by atoms with Crippen LogP contribution in [0.3, 0.4) is 0 Å². The molecule has 0 aliphatic heterocycles. The standard InChI is InChI=1S/C16H17N3S/c1-12-8-9-15(13(2)10-12)18-16(20)19-17-11-14-6-4-3-5-7-14/h3-11H,1-2H3,(H2,18,19,20)/b17-11+. The topological polar surface area (TPSA) is 36.4 Å². The molecule has 0 heterocycles. The second-order valence-electron chi connectivity index (χ2n) is 4.55. The van der Waals surface area contributed by atoms with E-state index in [0.29, 0.717) is 5.11 Å². The normalized spacial score (nSPS) is 10.5. The predicted octanol–water partition coefficient (Wildman–Crippen LogP) is 3.62. The fourth-order valence-electron chi connectivity index (χ4n) is 1.81. The summed E-state index contributed by atoms with van der Waals surface area (Å²) in [4.78, 5) is 0. The molecule has 0 aromatic heterocycles. The van der Waals surface area contributed by atoms with Gasteiger partial charge in [-0.2, -0.15) is 5.10 Å². The van der Waals surface area contributed by atoms with Gasteiger partial charge in [0.15, 0.2) is 5.11 Å². The molecule has 0 amide bonds. The molecule has 0 saturated heterocycles. The van der Waals surface area contributed by atoms with Gasteiger partial charge in [-0.25, -0.2) is 0 Å². The summed E-state index contributed by atoms with van der Waals surface area (Å²) < 4.78 is 0. The molecule has 4 heteroatoms. The molecule has 20 heavy (non-hydrogen) atoms. The first-order valence-corrected chi connectivity index (χ1v) is 6.78. The van der Waals surface area contributed by atoms with Gasteiger partial charge in [0.05, 0.1) is 6.21 Å². The highest BCUT2D eigenvalue weighted by molar-refractivity contribution is 7.80. The Morgan fingerprint density at radius 2 is 1.85 bits per heavy atom. The summed E-state index contributed by atoms with van der Waals surface area (Å²) in [7, 11) is 0. The number of nitrogens with zero attached hydrogens (tertiary/aromatic N) is 1. The minimum atomic E-state index is 0.476. The van der Waals surface area contributed by atoms with Crippen LogP contribution in [0.25, 0.3) is 0 Å². The van der Waals surface area contributed by atoms with E-state index in [-0.39, 0.29) is 0 Å². The summed E-state index contributed by atoms with van der Waals surface area (Å²) >= 11 is 5.21. The van der Waals surface area contributed by atoms with Crippen molar-refractivity contribution >= 4 is 29.2 Å². The van der Waals surface area contributed by atoms with Gasteiger partial charge in [-0.05, 0) is 43.3 Å². The van der Waals surface area contributed by atoms with Crippen LogP contribution in [0.1, 0.15) is 16.7 Å². The first-order chi connectivity index (χ1) is 9.65. The molecule has 0 aliphatic rings. The van der Waals surface area contributed by atoms with Crippen molar-refractivity contribution in [3.63, 3.8) is 0 Å². The first kappa shape index (κ1) is 14.2. The minimum Gasteiger partial charge on any atom is -0.331 e. The van der Waals surface area contributed by atoms with Crippen LogP contribution in [0.2, 0.25) is 0 Å². The van der Waals surface area contributed by atoms with Crippen molar-refractivity contribution < 1.29 is 0 Å². The number of anilines is 1. The number of rotatable bonds is 3. The molecule has 2 aromatic carbocycles. The third-order valence-corrected chi connectivity index (χ3v) is 3.00. The first-order valence-electron chi connectivity index (χ1n) is 6.37. The van der Waals surface area contributed by atoms with E-state index in [1.807, 2.05) is 49.4 Å². The molecule has 0 bridgehead atoms. The maximum Gasteiger partial charge on any atom is 0.191 e. The number of hydrazone groups is 1. The lowest BCUT2D eigenvalue weighted by Crippen LogP contribution is -2.24. The van der Waals surface area contributed by atoms with Gasteiger partial charge in [-0.1, -0.05) is 48.0 Å². The van der Waals surface area contributed by atoms with Crippen LogP contribution in [-0.4, -0.2) is 11.3 Å². The summed E-state index contributed by atoms with van der Waals surface area (Å²) in [5.74, 6) is 0. The summed E-state index contributed by atoms with van der Waals surface area (Å²) in [6.45, 7) is 4.11. The van der Waals surface area contributed by atoms with E-state index in [1.165, 1.54) is 5.56 Å².